The Labute approximate surface area is 128 Å². The summed E-state index contributed by atoms with van der Waals surface area (Å²) in [4.78, 5) is 2.01. The molecule has 0 amide bonds. The Morgan fingerprint density at radius 3 is 2.36 bits per heavy atom. The van der Waals surface area contributed by atoms with Gasteiger partial charge in [-0.25, -0.2) is 0 Å². The zero-order valence-electron chi connectivity index (χ0n) is 12.9. The molecule has 2 rings (SSSR count). The molecule has 22 heavy (non-hydrogen) atoms. The van der Waals surface area contributed by atoms with Crippen molar-refractivity contribution < 1.29 is 23.0 Å². The molecule has 0 aliphatic heterocycles. The molecule has 1 aliphatic carbocycles. The summed E-state index contributed by atoms with van der Waals surface area (Å²) in [5, 5.41) is 10.5. The highest BCUT2D eigenvalue weighted by molar-refractivity contribution is 5.34. The number of halogens is 3. The zero-order valence-corrected chi connectivity index (χ0v) is 12.9. The van der Waals surface area contributed by atoms with E-state index in [-0.39, 0.29) is 5.75 Å². The van der Waals surface area contributed by atoms with Gasteiger partial charge in [-0.1, -0.05) is 25.0 Å². The van der Waals surface area contributed by atoms with Crippen LogP contribution in [0.25, 0.3) is 0 Å². The maximum absolute atomic E-state index is 12.2. The standard InChI is InChI=1S/C16H22F3NO2/c1-20(2)11-15(10-4-3-5-14(15)21)12-6-8-13(9-7-12)22-16(17,18)19/h6-9,14,21H,3-5,10-11H2,1-2H3/t14-,15-/m1/s1. The van der Waals surface area contributed by atoms with Crippen molar-refractivity contribution in [2.45, 2.75) is 43.6 Å². The lowest BCUT2D eigenvalue weighted by Crippen LogP contribution is -2.49. The van der Waals surface area contributed by atoms with E-state index in [0.717, 1.165) is 24.8 Å². The zero-order chi connectivity index (χ0) is 16.4. The van der Waals surface area contributed by atoms with E-state index in [1.165, 1.54) is 12.1 Å². The fourth-order valence-corrected chi connectivity index (χ4v) is 3.39. The van der Waals surface area contributed by atoms with E-state index in [1.807, 2.05) is 19.0 Å². The third-order valence-electron chi connectivity index (χ3n) is 4.25. The summed E-state index contributed by atoms with van der Waals surface area (Å²) in [6, 6.07) is 5.92. The molecule has 1 aromatic rings. The van der Waals surface area contributed by atoms with Gasteiger partial charge in [0.25, 0.3) is 0 Å². The van der Waals surface area contributed by atoms with E-state index < -0.39 is 17.9 Å². The molecule has 0 unspecified atom stereocenters. The van der Waals surface area contributed by atoms with E-state index in [4.69, 9.17) is 0 Å². The molecule has 1 saturated carbocycles. The molecule has 0 heterocycles. The molecule has 0 radical (unpaired) electrons. The monoisotopic (exact) mass is 317 g/mol. The van der Waals surface area contributed by atoms with E-state index in [2.05, 4.69) is 4.74 Å². The molecular weight excluding hydrogens is 295 g/mol. The fraction of sp³-hybridized carbons (Fsp3) is 0.625. The van der Waals surface area contributed by atoms with Crippen LogP contribution in [0.4, 0.5) is 13.2 Å². The van der Waals surface area contributed by atoms with Gasteiger partial charge in [-0.05, 0) is 44.6 Å². The first-order valence-electron chi connectivity index (χ1n) is 7.42. The van der Waals surface area contributed by atoms with Crippen LogP contribution >= 0.6 is 0 Å². The summed E-state index contributed by atoms with van der Waals surface area (Å²) in [7, 11) is 3.87. The van der Waals surface area contributed by atoms with Crippen LogP contribution in [0.2, 0.25) is 0 Å². The summed E-state index contributed by atoms with van der Waals surface area (Å²) < 4.78 is 40.6. The number of aliphatic hydroxyl groups excluding tert-OH is 1. The molecule has 1 N–H and O–H groups in total. The Hall–Kier alpha value is -1.27. The third kappa shape index (κ3) is 3.93. The second-order valence-electron chi connectivity index (χ2n) is 6.23. The number of nitrogens with zero attached hydrogens (tertiary/aromatic N) is 1. The van der Waals surface area contributed by atoms with Crippen molar-refractivity contribution in [2.24, 2.45) is 0 Å². The summed E-state index contributed by atoms with van der Waals surface area (Å²) in [6.07, 6.45) is -1.65. The van der Waals surface area contributed by atoms with Crippen molar-refractivity contribution in [3.05, 3.63) is 29.8 Å². The second kappa shape index (κ2) is 6.46. The van der Waals surface area contributed by atoms with Gasteiger partial charge >= 0.3 is 6.36 Å². The number of rotatable bonds is 4. The minimum absolute atomic E-state index is 0.235. The minimum atomic E-state index is -4.69. The molecule has 0 aromatic heterocycles. The van der Waals surface area contributed by atoms with Gasteiger partial charge in [-0.2, -0.15) is 0 Å². The number of benzene rings is 1. The number of hydrogen-bond donors (Lipinski definition) is 1. The Morgan fingerprint density at radius 1 is 1.23 bits per heavy atom. The highest BCUT2D eigenvalue weighted by Gasteiger charge is 2.42. The van der Waals surface area contributed by atoms with E-state index in [1.54, 1.807) is 12.1 Å². The SMILES string of the molecule is CN(C)C[C@@]1(c2ccc(OC(F)(F)F)cc2)CCCC[C@H]1O. The Bertz CT molecular complexity index is 487. The fourth-order valence-electron chi connectivity index (χ4n) is 3.39. The molecular formula is C16H22F3NO2. The molecule has 0 spiro atoms. The molecule has 6 heteroatoms. The lowest BCUT2D eigenvalue weighted by Gasteiger charge is -2.43. The lowest BCUT2D eigenvalue weighted by atomic mass is 9.67. The van der Waals surface area contributed by atoms with Gasteiger partial charge in [0.05, 0.1) is 6.10 Å². The number of ether oxygens (including phenoxy) is 1. The molecule has 0 bridgehead atoms. The maximum Gasteiger partial charge on any atom is 0.573 e. The first kappa shape index (κ1) is 17.1. The van der Waals surface area contributed by atoms with E-state index in [9.17, 15) is 18.3 Å². The van der Waals surface area contributed by atoms with Crippen molar-refractivity contribution in [1.29, 1.82) is 0 Å². The molecule has 1 aromatic carbocycles. The van der Waals surface area contributed by atoms with Crippen LogP contribution < -0.4 is 4.74 Å². The van der Waals surface area contributed by atoms with Crippen molar-refractivity contribution in [3.8, 4) is 5.75 Å². The number of alkyl halides is 3. The number of aliphatic hydroxyl groups is 1. The van der Waals surface area contributed by atoms with Crippen LogP contribution in [-0.4, -0.2) is 43.1 Å². The first-order chi connectivity index (χ1) is 10.2. The molecule has 124 valence electrons. The van der Waals surface area contributed by atoms with Crippen molar-refractivity contribution in [1.82, 2.24) is 4.90 Å². The second-order valence-corrected chi connectivity index (χ2v) is 6.23. The highest BCUT2D eigenvalue weighted by Crippen LogP contribution is 2.41. The smallest absolute Gasteiger partial charge is 0.406 e. The topological polar surface area (TPSA) is 32.7 Å². The Morgan fingerprint density at radius 2 is 1.86 bits per heavy atom. The van der Waals surface area contributed by atoms with Gasteiger partial charge < -0.3 is 14.7 Å². The lowest BCUT2D eigenvalue weighted by molar-refractivity contribution is -0.274. The van der Waals surface area contributed by atoms with Gasteiger partial charge in [-0.3, -0.25) is 0 Å². The summed E-state index contributed by atoms with van der Waals surface area (Å²) in [5.74, 6) is -0.235. The summed E-state index contributed by atoms with van der Waals surface area (Å²) >= 11 is 0. The van der Waals surface area contributed by atoms with Crippen LogP contribution in [0, 0.1) is 0 Å². The van der Waals surface area contributed by atoms with Crippen molar-refractivity contribution in [3.63, 3.8) is 0 Å². The minimum Gasteiger partial charge on any atom is -0.406 e. The average molecular weight is 317 g/mol. The highest BCUT2D eigenvalue weighted by atomic mass is 19.4. The molecule has 2 atom stereocenters. The van der Waals surface area contributed by atoms with Gasteiger partial charge in [0, 0.05) is 12.0 Å². The summed E-state index contributed by atoms with van der Waals surface area (Å²) in [5.41, 5.74) is 0.432. The van der Waals surface area contributed by atoms with Crippen LogP contribution in [0.1, 0.15) is 31.2 Å². The van der Waals surface area contributed by atoms with Crippen molar-refractivity contribution >= 4 is 0 Å². The number of hydrogen-bond acceptors (Lipinski definition) is 3. The molecule has 1 fully saturated rings. The quantitative estimate of drug-likeness (QED) is 0.925. The largest absolute Gasteiger partial charge is 0.573 e. The van der Waals surface area contributed by atoms with E-state index in [0.29, 0.717) is 13.0 Å². The van der Waals surface area contributed by atoms with Gasteiger partial charge in [0.15, 0.2) is 0 Å². The van der Waals surface area contributed by atoms with Crippen LogP contribution in [-0.2, 0) is 5.41 Å². The summed E-state index contributed by atoms with van der Waals surface area (Å²) in [6.45, 7) is 0.660. The van der Waals surface area contributed by atoms with E-state index >= 15 is 0 Å². The van der Waals surface area contributed by atoms with Crippen LogP contribution in [0.5, 0.6) is 5.75 Å². The molecule has 3 nitrogen and oxygen atoms in total. The predicted octanol–water partition coefficient (Wildman–Crippen LogP) is 3.32. The van der Waals surface area contributed by atoms with Crippen LogP contribution in [0.15, 0.2) is 24.3 Å². The Balaban J connectivity index is 2.28. The third-order valence-corrected chi connectivity index (χ3v) is 4.25. The maximum atomic E-state index is 12.2. The normalized spacial score (nSPS) is 26.2. The Kier molecular flexibility index (Phi) is 5.02. The van der Waals surface area contributed by atoms with Gasteiger partial charge in [0.2, 0.25) is 0 Å². The predicted molar refractivity (Wildman–Crippen MR) is 77.8 cm³/mol. The molecule has 1 aliphatic rings. The molecule has 0 saturated heterocycles. The average Bonchev–Trinajstić information content (AvgIpc) is 2.40. The van der Waals surface area contributed by atoms with Crippen LogP contribution in [0.3, 0.4) is 0 Å². The van der Waals surface area contributed by atoms with Gasteiger partial charge in [-0.15, -0.1) is 13.2 Å². The number of likely N-dealkylation sites (N-methyl/N-ethyl adjacent to an activating group) is 1. The van der Waals surface area contributed by atoms with Gasteiger partial charge in [0.1, 0.15) is 5.75 Å². The van der Waals surface area contributed by atoms with Crippen molar-refractivity contribution in [2.75, 3.05) is 20.6 Å². The first-order valence-corrected chi connectivity index (χ1v) is 7.42.